The zero-order chi connectivity index (χ0) is 8.43. The molecule has 1 heterocycles. The molecule has 5 heteroatoms. The number of carbonyl (C=O) groups is 2. The molecule has 2 amide bonds. The molecule has 5 nitrogen and oxygen atoms in total. The van der Waals surface area contributed by atoms with Crippen LogP contribution >= 0.6 is 0 Å². The molecule has 11 heavy (non-hydrogen) atoms. The summed E-state index contributed by atoms with van der Waals surface area (Å²) in [5.74, 6) is -1.06. The summed E-state index contributed by atoms with van der Waals surface area (Å²) in [6, 6.07) is 0. The summed E-state index contributed by atoms with van der Waals surface area (Å²) in [5, 5.41) is 9.06. The molecule has 60 valence electrons. The Labute approximate surface area is 62.8 Å². The van der Waals surface area contributed by atoms with Crippen molar-refractivity contribution in [1.29, 1.82) is 0 Å². The van der Waals surface area contributed by atoms with Crippen molar-refractivity contribution in [3.05, 3.63) is 11.8 Å². The minimum Gasteiger partial charge on any atom is -0.515 e. The lowest BCUT2D eigenvalue weighted by molar-refractivity contribution is -0.178. The van der Waals surface area contributed by atoms with E-state index >= 15 is 0 Å². The second-order valence-electron chi connectivity index (χ2n) is 2.01. The molecule has 0 aromatic carbocycles. The SMILES string of the molecule is CON1C(=O)C/C(=C/O)C1=O. The van der Waals surface area contributed by atoms with E-state index < -0.39 is 11.8 Å². The lowest BCUT2D eigenvalue weighted by Crippen LogP contribution is -2.27. The van der Waals surface area contributed by atoms with E-state index in [-0.39, 0.29) is 12.0 Å². The summed E-state index contributed by atoms with van der Waals surface area (Å²) >= 11 is 0. The number of carbonyl (C=O) groups excluding carboxylic acids is 2. The van der Waals surface area contributed by atoms with Gasteiger partial charge in [0.25, 0.3) is 11.8 Å². The van der Waals surface area contributed by atoms with Crippen LogP contribution in [0.4, 0.5) is 0 Å². The van der Waals surface area contributed by atoms with Crippen LogP contribution in [0.15, 0.2) is 11.8 Å². The van der Waals surface area contributed by atoms with Gasteiger partial charge in [0, 0.05) is 0 Å². The van der Waals surface area contributed by atoms with Crippen LogP contribution in [0, 0.1) is 0 Å². The molecule has 0 aromatic rings. The van der Waals surface area contributed by atoms with Gasteiger partial charge in [0.15, 0.2) is 0 Å². The predicted molar refractivity (Wildman–Crippen MR) is 34.2 cm³/mol. The number of amides is 2. The highest BCUT2D eigenvalue weighted by Crippen LogP contribution is 2.17. The molecule has 0 saturated carbocycles. The van der Waals surface area contributed by atoms with E-state index in [2.05, 4.69) is 4.84 Å². The number of hydrogen-bond donors (Lipinski definition) is 1. The van der Waals surface area contributed by atoms with E-state index in [0.29, 0.717) is 11.3 Å². The molecule has 1 rings (SSSR count). The quantitative estimate of drug-likeness (QED) is 0.323. The molecular weight excluding hydrogens is 150 g/mol. The minimum absolute atomic E-state index is 0.0526. The smallest absolute Gasteiger partial charge is 0.284 e. The Morgan fingerprint density at radius 2 is 2.27 bits per heavy atom. The Bertz CT molecular complexity index is 233. The van der Waals surface area contributed by atoms with Gasteiger partial charge in [0.2, 0.25) is 0 Å². The van der Waals surface area contributed by atoms with Gasteiger partial charge in [-0.05, 0) is 0 Å². The fraction of sp³-hybridized carbons (Fsp3) is 0.333. The van der Waals surface area contributed by atoms with Crippen LogP contribution in [0.2, 0.25) is 0 Å². The summed E-state index contributed by atoms with van der Waals surface area (Å²) in [6.45, 7) is 0. The van der Waals surface area contributed by atoms with Gasteiger partial charge in [0.1, 0.15) is 0 Å². The third kappa shape index (κ3) is 1.10. The van der Waals surface area contributed by atoms with Gasteiger partial charge in [-0.25, -0.2) is 0 Å². The van der Waals surface area contributed by atoms with Crippen LogP contribution in [0.1, 0.15) is 6.42 Å². The average Bonchev–Trinajstić information content (AvgIpc) is 2.26. The van der Waals surface area contributed by atoms with E-state index in [1.165, 1.54) is 7.11 Å². The number of rotatable bonds is 1. The van der Waals surface area contributed by atoms with Crippen molar-refractivity contribution in [2.75, 3.05) is 7.11 Å². The van der Waals surface area contributed by atoms with Gasteiger partial charge in [-0.1, -0.05) is 0 Å². The third-order valence-electron chi connectivity index (χ3n) is 1.37. The zero-order valence-corrected chi connectivity index (χ0v) is 5.90. The fourth-order valence-electron chi connectivity index (χ4n) is 0.840. The van der Waals surface area contributed by atoms with Crippen LogP contribution in [0.5, 0.6) is 0 Å². The van der Waals surface area contributed by atoms with Crippen molar-refractivity contribution in [2.45, 2.75) is 6.42 Å². The molecule has 1 N–H and O–H groups in total. The van der Waals surface area contributed by atoms with Gasteiger partial charge < -0.3 is 5.11 Å². The molecular formula is C6H7NO4. The molecule has 1 aliphatic heterocycles. The van der Waals surface area contributed by atoms with E-state index in [0.717, 1.165) is 0 Å². The van der Waals surface area contributed by atoms with Crippen molar-refractivity contribution in [3.63, 3.8) is 0 Å². The monoisotopic (exact) mass is 157 g/mol. The van der Waals surface area contributed by atoms with Crippen LogP contribution in [0.25, 0.3) is 0 Å². The maximum Gasteiger partial charge on any atom is 0.284 e. The molecule has 1 saturated heterocycles. The van der Waals surface area contributed by atoms with Crippen molar-refractivity contribution in [2.24, 2.45) is 0 Å². The third-order valence-corrected chi connectivity index (χ3v) is 1.37. The maximum absolute atomic E-state index is 10.9. The molecule has 0 spiro atoms. The Morgan fingerprint density at radius 1 is 1.64 bits per heavy atom. The lowest BCUT2D eigenvalue weighted by atomic mass is 10.2. The molecule has 0 atom stereocenters. The lowest BCUT2D eigenvalue weighted by Gasteiger charge is -2.07. The van der Waals surface area contributed by atoms with Crippen LogP contribution in [0.3, 0.4) is 0 Å². The standard InChI is InChI=1S/C6H7NO4/c1-11-7-5(9)2-4(3-8)6(7)10/h3,8H,2H2,1H3/b4-3-. The van der Waals surface area contributed by atoms with Gasteiger partial charge >= 0.3 is 0 Å². The van der Waals surface area contributed by atoms with Crippen LogP contribution in [-0.4, -0.2) is 29.1 Å². The number of hydroxylamine groups is 2. The topological polar surface area (TPSA) is 66.8 Å². The Balaban J connectivity index is 2.88. The van der Waals surface area contributed by atoms with Crippen LogP contribution in [-0.2, 0) is 14.4 Å². The molecule has 1 aliphatic rings. The first-order valence-electron chi connectivity index (χ1n) is 2.95. The van der Waals surface area contributed by atoms with Crippen LogP contribution < -0.4 is 0 Å². The first-order valence-corrected chi connectivity index (χ1v) is 2.95. The van der Waals surface area contributed by atoms with E-state index in [4.69, 9.17) is 5.11 Å². The summed E-state index contributed by atoms with van der Waals surface area (Å²) in [7, 11) is 1.22. The number of imide groups is 1. The fourth-order valence-corrected chi connectivity index (χ4v) is 0.840. The molecule has 0 bridgehead atoms. The summed E-state index contributed by atoms with van der Waals surface area (Å²) in [4.78, 5) is 26.2. The van der Waals surface area contributed by atoms with Gasteiger partial charge in [-0.3, -0.25) is 14.4 Å². The van der Waals surface area contributed by atoms with Crippen molar-refractivity contribution in [3.8, 4) is 0 Å². The highest BCUT2D eigenvalue weighted by molar-refractivity contribution is 6.12. The predicted octanol–water partition coefficient (Wildman–Crippen LogP) is -0.251. The number of aliphatic hydroxyl groups excluding tert-OH is 1. The van der Waals surface area contributed by atoms with Crippen molar-refractivity contribution >= 4 is 11.8 Å². The normalized spacial score (nSPS) is 21.9. The minimum atomic E-state index is -0.597. The van der Waals surface area contributed by atoms with Gasteiger partial charge in [-0.15, -0.1) is 5.06 Å². The number of nitrogens with zero attached hydrogens (tertiary/aromatic N) is 1. The summed E-state index contributed by atoms with van der Waals surface area (Å²) in [6.07, 6.45) is 0.530. The van der Waals surface area contributed by atoms with Gasteiger partial charge in [-0.2, -0.15) is 0 Å². The molecule has 0 aliphatic carbocycles. The largest absolute Gasteiger partial charge is 0.515 e. The molecule has 0 radical (unpaired) electrons. The summed E-state index contributed by atoms with van der Waals surface area (Å²) < 4.78 is 0. The average molecular weight is 157 g/mol. The second kappa shape index (κ2) is 2.71. The number of aliphatic hydroxyl groups is 1. The highest BCUT2D eigenvalue weighted by atomic mass is 16.7. The maximum atomic E-state index is 10.9. The first-order chi connectivity index (χ1) is 5.20. The zero-order valence-electron chi connectivity index (χ0n) is 5.90. The molecule has 1 fully saturated rings. The number of hydrogen-bond acceptors (Lipinski definition) is 4. The first kappa shape index (κ1) is 7.74. The van der Waals surface area contributed by atoms with Crippen molar-refractivity contribution in [1.82, 2.24) is 5.06 Å². The Morgan fingerprint density at radius 3 is 2.55 bits per heavy atom. The second-order valence-corrected chi connectivity index (χ2v) is 2.01. The Hall–Kier alpha value is -1.36. The van der Waals surface area contributed by atoms with E-state index in [1.54, 1.807) is 0 Å². The van der Waals surface area contributed by atoms with Gasteiger partial charge in [0.05, 0.1) is 25.4 Å². The summed E-state index contributed by atoms with van der Waals surface area (Å²) in [5.41, 5.74) is 0.0526. The van der Waals surface area contributed by atoms with E-state index in [1.807, 2.05) is 0 Å². The molecule has 0 unspecified atom stereocenters. The molecule has 0 aromatic heterocycles. The highest BCUT2D eigenvalue weighted by Gasteiger charge is 2.34. The van der Waals surface area contributed by atoms with Crippen molar-refractivity contribution < 1.29 is 19.5 Å². The Kier molecular flexibility index (Phi) is 1.91. The van der Waals surface area contributed by atoms with E-state index in [9.17, 15) is 9.59 Å².